The molecule has 0 fully saturated rings. The first-order chi connectivity index (χ1) is 12.7. The molecule has 0 aliphatic heterocycles. The van der Waals surface area contributed by atoms with Gasteiger partial charge in [0, 0.05) is 23.8 Å². The van der Waals surface area contributed by atoms with Gasteiger partial charge in [-0.2, -0.15) is 0 Å². The lowest BCUT2D eigenvalue weighted by atomic mass is 10.1. The van der Waals surface area contributed by atoms with Crippen LogP contribution >= 0.6 is 11.6 Å². The van der Waals surface area contributed by atoms with E-state index in [1.54, 1.807) is 12.1 Å². The number of rotatable bonds is 8. The lowest BCUT2D eigenvalue weighted by Crippen LogP contribution is -2.32. The van der Waals surface area contributed by atoms with Gasteiger partial charge in [-0.3, -0.25) is 10.1 Å². The third-order valence-electron chi connectivity index (χ3n) is 3.98. The van der Waals surface area contributed by atoms with Crippen LogP contribution in [-0.2, 0) is 0 Å². The Bertz CT molecular complexity index is 801. The van der Waals surface area contributed by atoms with E-state index >= 15 is 0 Å². The molecule has 146 valence electrons. The number of nitro groups is 1. The van der Waals surface area contributed by atoms with Crippen LogP contribution in [0.25, 0.3) is 0 Å². The molecule has 7 nitrogen and oxygen atoms in total. The third-order valence-corrected chi connectivity index (χ3v) is 4.39. The van der Waals surface area contributed by atoms with Crippen LogP contribution in [-0.4, -0.2) is 28.0 Å². The quantitative estimate of drug-likeness (QED) is 0.491. The second kappa shape index (κ2) is 8.99. The Hall–Kier alpha value is -2.41. The topological polar surface area (TPSA) is 84.2 Å². The minimum absolute atomic E-state index is 0.127. The Morgan fingerprint density at radius 2 is 1.81 bits per heavy atom. The van der Waals surface area contributed by atoms with Crippen molar-refractivity contribution in [2.45, 2.75) is 34.6 Å². The van der Waals surface area contributed by atoms with Gasteiger partial charge in [-0.05, 0) is 36.5 Å². The smallest absolute Gasteiger partial charge is 0.350 e. The molecule has 0 radical (unpaired) electrons. The Kier molecular flexibility index (Phi) is 6.96. The normalized spacial score (nSPS) is 11.1. The van der Waals surface area contributed by atoms with Crippen molar-refractivity contribution in [2.75, 3.05) is 23.3 Å². The van der Waals surface area contributed by atoms with Crippen LogP contribution < -0.4 is 10.2 Å². The first kappa shape index (κ1) is 20.9. The molecule has 1 heterocycles. The molecule has 0 spiro atoms. The summed E-state index contributed by atoms with van der Waals surface area (Å²) in [4.78, 5) is 21.8. The van der Waals surface area contributed by atoms with Gasteiger partial charge in [0.05, 0.1) is 4.92 Å². The summed E-state index contributed by atoms with van der Waals surface area (Å²) in [6, 6.07) is 5.37. The van der Waals surface area contributed by atoms with Gasteiger partial charge in [0.15, 0.2) is 0 Å². The lowest BCUT2D eigenvalue weighted by Gasteiger charge is -2.27. The Morgan fingerprint density at radius 1 is 1.19 bits per heavy atom. The SMILES string of the molecule is Cc1c(Cl)cccc1Nc1ncnc(N(CC(C)C)CC(C)C)c1[N+](=O)[O-]. The lowest BCUT2D eigenvalue weighted by molar-refractivity contribution is -0.383. The Balaban J connectivity index is 2.52. The molecule has 1 aromatic carbocycles. The highest BCUT2D eigenvalue weighted by Crippen LogP contribution is 2.35. The summed E-state index contributed by atoms with van der Waals surface area (Å²) in [5, 5.41) is 15.5. The highest BCUT2D eigenvalue weighted by molar-refractivity contribution is 6.31. The highest BCUT2D eigenvalue weighted by atomic mass is 35.5. The molecular formula is C19H26ClN5O2. The van der Waals surface area contributed by atoms with Crippen molar-refractivity contribution in [3.05, 3.63) is 45.2 Å². The van der Waals surface area contributed by atoms with Crippen molar-refractivity contribution in [1.29, 1.82) is 0 Å². The van der Waals surface area contributed by atoms with Gasteiger partial charge in [0.25, 0.3) is 0 Å². The molecule has 0 aliphatic rings. The van der Waals surface area contributed by atoms with Crippen molar-refractivity contribution in [3.8, 4) is 0 Å². The number of anilines is 3. The maximum Gasteiger partial charge on any atom is 0.353 e. The number of nitrogens with zero attached hydrogens (tertiary/aromatic N) is 4. The average molecular weight is 392 g/mol. The van der Waals surface area contributed by atoms with Gasteiger partial charge < -0.3 is 10.2 Å². The molecule has 0 aliphatic carbocycles. The molecule has 2 aromatic rings. The molecule has 0 saturated heterocycles. The molecule has 0 amide bonds. The summed E-state index contributed by atoms with van der Waals surface area (Å²) >= 11 is 6.16. The molecule has 0 atom stereocenters. The van der Waals surface area contributed by atoms with Crippen LogP contribution in [0.5, 0.6) is 0 Å². The second-order valence-corrected chi connectivity index (χ2v) is 7.79. The van der Waals surface area contributed by atoms with Crippen LogP contribution in [0.15, 0.2) is 24.5 Å². The highest BCUT2D eigenvalue weighted by Gasteiger charge is 2.28. The second-order valence-electron chi connectivity index (χ2n) is 7.38. The Morgan fingerprint density at radius 3 is 2.37 bits per heavy atom. The van der Waals surface area contributed by atoms with Crippen molar-refractivity contribution in [2.24, 2.45) is 11.8 Å². The van der Waals surface area contributed by atoms with Gasteiger partial charge in [-0.25, -0.2) is 9.97 Å². The van der Waals surface area contributed by atoms with Crippen molar-refractivity contribution < 1.29 is 4.92 Å². The van der Waals surface area contributed by atoms with Gasteiger partial charge in [-0.1, -0.05) is 45.4 Å². The van der Waals surface area contributed by atoms with E-state index in [2.05, 4.69) is 43.0 Å². The summed E-state index contributed by atoms with van der Waals surface area (Å²) < 4.78 is 0. The van der Waals surface area contributed by atoms with Crippen molar-refractivity contribution >= 4 is 34.6 Å². The molecule has 0 saturated carbocycles. The number of halogens is 1. The van der Waals surface area contributed by atoms with Crippen LogP contribution in [0, 0.1) is 28.9 Å². The van der Waals surface area contributed by atoms with Crippen LogP contribution in [0.4, 0.5) is 23.0 Å². The fraction of sp³-hybridized carbons (Fsp3) is 0.474. The van der Waals surface area contributed by atoms with Gasteiger partial charge in [0.2, 0.25) is 11.6 Å². The molecule has 1 aromatic heterocycles. The standard InChI is InChI=1S/C19H26ClN5O2/c1-12(2)9-24(10-13(3)4)19-17(25(26)27)18(21-11-22-19)23-16-8-6-7-15(20)14(16)5/h6-8,11-13H,9-10H2,1-5H3,(H,21,22,23). The number of benzene rings is 1. The molecule has 27 heavy (non-hydrogen) atoms. The number of nitrogens with one attached hydrogen (secondary N) is 1. The van der Waals surface area contributed by atoms with Gasteiger partial charge >= 0.3 is 5.69 Å². The minimum atomic E-state index is -0.425. The molecule has 8 heteroatoms. The summed E-state index contributed by atoms with van der Waals surface area (Å²) in [5.74, 6) is 1.17. The predicted molar refractivity (Wildman–Crippen MR) is 110 cm³/mol. The van der Waals surface area contributed by atoms with Crippen molar-refractivity contribution in [1.82, 2.24) is 9.97 Å². The van der Waals surface area contributed by atoms with Gasteiger partial charge in [0.1, 0.15) is 6.33 Å². The fourth-order valence-electron chi connectivity index (χ4n) is 2.86. The first-order valence-corrected chi connectivity index (χ1v) is 9.35. The van der Waals surface area contributed by atoms with Crippen LogP contribution in [0.3, 0.4) is 0 Å². The van der Waals surface area contributed by atoms with E-state index in [0.29, 0.717) is 41.5 Å². The summed E-state index contributed by atoms with van der Waals surface area (Å²) in [6.07, 6.45) is 1.36. The van der Waals surface area contributed by atoms with E-state index in [1.165, 1.54) is 6.33 Å². The van der Waals surface area contributed by atoms with Crippen molar-refractivity contribution in [3.63, 3.8) is 0 Å². The van der Waals surface area contributed by atoms with E-state index < -0.39 is 4.92 Å². The largest absolute Gasteiger partial charge is 0.353 e. The molecular weight excluding hydrogens is 366 g/mol. The van der Waals surface area contributed by atoms with Crippen LogP contribution in [0.2, 0.25) is 5.02 Å². The number of hydrogen-bond acceptors (Lipinski definition) is 6. The fourth-order valence-corrected chi connectivity index (χ4v) is 3.03. The number of aromatic nitrogens is 2. The Labute approximate surface area is 164 Å². The molecule has 0 unspecified atom stereocenters. The first-order valence-electron chi connectivity index (χ1n) is 8.97. The van der Waals surface area contributed by atoms with E-state index in [9.17, 15) is 10.1 Å². The van der Waals surface area contributed by atoms with Crippen LogP contribution in [0.1, 0.15) is 33.3 Å². The molecule has 0 bridgehead atoms. The molecule has 1 N–H and O–H groups in total. The molecule has 2 rings (SSSR count). The third kappa shape index (κ3) is 5.29. The summed E-state index contributed by atoms with van der Waals surface area (Å²) in [7, 11) is 0. The minimum Gasteiger partial charge on any atom is -0.350 e. The average Bonchev–Trinajstić information content (AvgIpc) is 2.57. The monoisotopic (exact) mass is 391 g/mol. The number of hydrogen-bond donors (Lipinski definition) is 1. The maximum atomic E-state index is 11.9. The van der Waals surface area contributed by atoms with E-state index in [-0.39, 0.29) is 11.5 Å². The van der Waals surface area contributed by atoms with E-state index in [4.69, 9.17) is 11.6 Å². The zero-order valence-electron chi connectivity index (χ0n) is 16.4. The van der Waals surface area contributed by atoms with E-state index in [1.807, 2.05) is 17.9 Å². The summed E-state index contributed by atoms with van der Waals surface area (Å²) in [5.41, 5.74) is 1.35. The summed E-state index contributed by atoms with van der Waals surface area (Å²) in [6.45, 7) is 11.5. The zero-order chi connectivity index (χ0) is 20.1. The van der Waals surface area contributed by atoms with Gasteiger partial charge in [-0.15, -0.1) is 0 Å². The zero-order valence-corrected chi connectivity index (χ0v) is 17.1. The predicted octanol–water partition coefficient (Wildman–Crippen LogP) is 5.21. The maximum absolute atomic E-state index is 11.9. The van der Waals surface area contributed by atoms with E-state index in [0.717, 1.165) is 5.56 Å².